The van der Waals surface area contributed by atoms with E-state index in [0.717, 1.165) is 0 Å². The van der Waals surface area contributed by atoms with E-state index in [1.807, 2.05) is 0 Å². The van der Waals surface area contributed by atoms with Gasteiger partial charge in [0, 0.05) is 11.5 Å². The van der Waals surface area contributed by atoms with Crippen LogP contribution in [0.4, 0.5) is 0 Å². The zero-order valence-corrected chi connectivity index (χ0v) is 11.7. The van der Waals surface area contributed by atoms with Crippen molar-refractivity contribution >= 4 is 21.9 Å². The minimum Gasteiger partial charge on any atom is -0.490 e. The quantitative estimate of drug-likeness (QED) is 0.613. The molecule has 0 unspecified atom stereocenters. The minimum atomic E-state index is -3.28. The number of esters is 1. The van der Waals surface area contributed by atoms with Gasteiger partial charge in [-0.3, -0.25) is 0 Å². The Hall–Kier alpha value is -2.08. The van der Waals surface area contributed by atoms with Crippen LogP contribution in [0.25, 0.3) is 6.08 Å². The molecule has 2 rings (SSSR count). The topological polar surface area (TPSA) is 69.7 Å². The first-order chi connectivity index (χ1) is 9.53. The van der Waals surface area contributed by atoms with Gasteiger partial charge in [0.1, 0.15) is 12.4 Å². The van der Waals surface area contributed by atoms with E-state index >= 15 is 0 Å². The number of ether oxygens (including phenoxy) is 2. The molecule has 0 radical (unpaired) electrons. The van der Waals surface area contributed by atoms with E-state index in [1.165, 1.54) is 29.7 Å². The third-order valence-corrected chi connectivity index (χ3v) is 4.08. The molecule has 0 fully saturated rings. The summed E-state index contributed by atoms with van der Waals surface area (Å²) in [5.74, 6) is 0.123. The van der Waals surface area contributed by atoms with Crippen LogP contribution in [0.2, 0.25) is 0 Å². The lowest BCUT2D eigenvalue weighted by Gasteiger charge is -2.05. The first-order valence-electron chi connectivity index (χ1n) is 6.06. The summed E-state index contributed by atoms with van der Waals surface area (Å²) in [5.41, 5.74) is 0.608. The fourth-order valence-corrected chi connectivity index (χ4v) is 2.91. The molecule has 0 amide bonds. The molecule has 1 heterocycles. The van der Waals surface area contributed by atoms with Crippen LogP contribution >= 0.6 is 0 Å². The van der Waals surface area contributed by atoms with Gasteiger partial charge in [0.05, 0.1) is 11.5 Å². The van der Waals surface area contributed by atoms with Gasteiger partial charge in [-0.1, -0.05) is 0 Å². The van der Waals surface area contributed by atoms with Crippen molar-refractivity contribution in [1.29, 1.82) is 0 Å². The largest absolute Gasteiger partial charge is 0.490 e. The van der Waals surface area contributed by atoms with E-state index in [-0.39, 0.29) is 11.5 Å². The van der Waals surface area contributed by atoms with Crippen LogP contribution in [0.1, 0.15) is 12.5 Å². The average Bonchev–Trinajstić information content (AvgIpc) is 2.71. The standard InChI is InChI=1S/C14H14O5S/c1-2-18-14(15)4-3-8-19-12-5-6-13-11(10-12)7-9-20(13,16)17/h3-7,9-10H,2,8H2,1H3. The highest BCUT2D eigenvalue weighted by Crippen LogP contribution is 2.29. The molecule has 1 aromatic carbocycles. The number of hydrogen-bond acceptors (Lipinski definition) is 5. The molecule has 0 aliphatic carbocycles. The number of carbonyl (C=O) groups excluding carboxylic acids is 1. The molecule has 106 valence electrons. The molecule has 0 bridgehead atoms. The maximum absolute atomic E-state index is 11.6. The summed E-state index contributed by atoms with van der Waals surface area (Å²) in [5, 5.41) is 1.17. The van der Waals surface area contributed by atoms with Crippen LogP contribution in [-0.4, -0.2) is 27.6 Å². The molecule has 0 aromatic heterocycles. The molecule has 0 N–H and O–H groups in total. The average molecular weight is 294 g/mol. The Balaban J connectivity index is 1.96. The zero-order valence-electron chi connectivity index (χ0n) is 10.9. The minimum absolute atomic E-state index is 0.202. The summed E-state index contributed by atoms with van der Waals surface area (Å²) in [6.07, 6.45) is 4.37. The summed E-state index contributed by atoms with van der Waals surface area (Å²) in [6, 6.07) is 4.74. The maximum Gasteiger partial charge on any atom is 0.330 e. The Morgan fingerprint density at radius 1 is 1.35 bits per heavy atom. The Kier molecular flexibility index (Phi) is 4.24. The second-order valence-corrected chi connectivity index (χ2v) is 5.81. The number of rotatable bonds is 5. The van der Waals surface area contributed by atoms with Gasteiger partial charge in [-0.2, -0.15) is 0 Å². The van der Waals surface area contributed by atoms with E-state index in [4.69, 9.17) is 9.47 Å². The summed E-state index contributed by atoms with van der Waals surface area (Å²) >= 11 is 0. The SMILES string of the molecule is CCOC(=O)C=CCOc1ccc2c(c1)C=CS2(=O)=O. The van der Waals surface area contributed by atoms with Crippen LogP contribution in [0.5, 0.6) is 5.75 Å². The van der Waals surface area contributed by atoms with Gasteiger partial charge < -0.3 is 9.47 Å². The van der Waals surface area contributed by atoms with Crippen molar-refractivity contribution in [2.75, 3.05) is 13.2 Å². The molecule has 1 aromatic rings. The predicted molar refractivity (Wildman–Crippen MR) is 73.9 cm³/mol. The maximum atomic E-state index is 11.6. The summed E-state index contributed by atoms with van der Waals surface area (Å²) in [7, 11) is -3.28. The Bertz CT molecular complexity index is 671. The number of carbonyl (C=O) groups is 1. The summed E-state index contributed by atoms with van der Waals surface area (Å²) in [4.78, 5) is 11.3. The molecule has 0 saturated carbocycles. The smallest absolute Gasteiger partial charge is 0.330 e. The lowest BCUT2D eigenvalue weighted by molar-refractivity contribution is -0.137. The molecule has 1 aliphatic heterocycles. The molecular weight excluding hydrogens is 280 g/mol. The Morgan fingerprint density at radius 3 is 2.90 bits per heavy atom. The molecule has 5 nitrogen and oxygen atoms in total. The van der Waals surface area contributed by atoms with Crippen molar-refractivity contribution in [2.45, 2.75) is 11.8 Å². The molecule has 0 atom stereocenters. The second kappa shape index (κ2) is 5.92. The Labute approximate surface area is 117 Å². The molecular formula is C14H14O5S. The monoisotopic (exact) mass is 294 g/mol. The van der Waals surface area contributed by atoms with Gasteiger partial charge in [0.25, 0.3) is 0 Å². The fraction of sp³-hybridized carbons (Fsp3) is 0.214. The Morgan fingerprint density at radius 2 is 2.15 bits per heavy atom. The number of fused-ring (bicyclic) bond motifs is 1. The lowest BCUT2D eigenvalue weighted by Crippen LogP contribution is -2.01. The number of hydrogen-bond donors (Lipinski definition) is 0. The highest BCUT2D eigenvalue weighted by molar-refractivity contribution is 7.94. The van der Waals surface area contributed by atoms with Crippen molar-refractivity contribution < 1.29 is 22.7 Å². The third-order valence-electron chi connectivity index (χ3n) is 2.60. The van der Waals surface area contributed by atoms with Crippen LogP contribution < -0.4 is 4.74 Å². The number of sulfone groups is 1. The first-order valence-corrected chi connectivity index (χ1v) is 7.61. The highest BCUT2D eigenvalue weighted by atomic mass is 32.2. The van der Waals surface area contributed by atoms with Crippen LogP contribution in [-0.2, 0) is 19.4 Å². The zero-order chi connectivity index (χ0) is 14.6. The van der Waals surface area contributed by atoms with E-state index in [9.17, 15) is 13.2 Å². The van der Waals surface area contributed by atoms with Crippen LogP contribution in [0.3, 0.4) is 0 Å². The number of benzene rings is 1. The normalized spacial score (nSPS) is 15.2. The van der Waals surface area contributed by atoms with Crippen LogP contribution in [0, 0.1) is 0 Å². The first kappa shape index (κ1) is 14.3. The van der Waals surface area contributed by atoms with Crippen molar-refractivity contribution in [3.05, 3.63) is 41.3 Å². The fourth-order valence-electron chi connectivity index (χ4n) is 1.72. The molecule has 0 spiro atoms. The molecule has 6 heteroatoms. The van der Waals surface area contributed by atoms with Gasteiger partial charge in [0.15, 0.2) is 9.84 Å². The highest BCUT2D eigenvalue weighted by Gasteiger charge is 2.20. The van der Waals surface area contributed by atoms with Gasteiger partial charge in [-0.05, 0) is 42.8 Å². The van der Waals surface area contributed by atoms with Crippen molar-refractivity contribution in [2.24, 2.45) is 0 Å². The van der Waals surface area contributed by atoms with E-state index in [1.54, 1.807) is 19.1 Å². The van der Waals surface area contributed by atoms with Gasteiger partial charge in [-0.25, -0.2) is 13.2 Å². The van der Waals surface area contributed by atoms with E-state index in [0.29, 0.717) is 17.9 Å². The van der Waals surface area contributed by atoms with E-state index < -0.39 is 15.8 Å². The molecule has 0 saturated heterocycles. The molecule has 1 aliphatic rings. The third kappa shape index (κ3) is 3.27. The molecule has 20 heavy (non-hydrogen) atoms. The van der Waals surface area contributed by atoms with Crippen molar-refractivity contribution in [3.63, 3.8) is 0 Å². The summed E-state index contributed by atoms with van der Waals surface area (Å²) < 4.78 is 33.3. The van der Waals surface area contributed by atoms with Crippen molar-refractivity contribution in [3.8, 4) is 5.75 Å². The second-order valence-electron chi connectivity index (χ2n) is 4.01. The van der Waals surface area contributed by atoms with Crippen LogP contribution in [0.15, 0.2) is 40.7 Å². The summed E-state index contributed by atoms with van der Waals surface area (Å²) in [6.45, 7) is 2.26. The lowest BCUT2D eigenvalue weighted by atomic mass is 10.2. The predicted octanol–water partition coefficient (Wildman–Crippen LogP) is 1.94. The van der Waals surface area contributed by atoms with E-state index in [2.05, 4.69) is 0 Å². The van der Waals surface area contributed by atoms with Gasteiger partial charge in [0.2, 0.25) is 0 Å². The van der Waals surface area contributed by atoms with Crippen molar-refractivity contribution in [1.82, 2.24) is 0 Å². The van der Waals surface area contributed by atoms with Gasteiger partial charge in [-0.15, -0.1) is 0 Å². The van der Waals surface area contributed by atoms with Gasteiger partial charge >= 0.3 is 5.97 Å².